The molecular formula is C30H36ClN. The van der Waals surface area contributed by atoms with E-state index in [4.69, 9.17) is 11.6 Å². The third-order valence-corrected chi connectivity index (χ3v) is 6.80. The number of aryl methyl sites for hydroxylation is 2. The minimum atomic E-state index is 0.789. The first kappa shape index (κ1) is 22.9. The molecule has 4 aromatic rings. The van der Waals surface area contributed by atoms with Crippen LogP contribution in [-0.2, 0) is 12.8 Å². The van der Waals surface area contributed by atoms with Gasteiger partial charge in [-0.2, -0.15) is 0 Å². The van der Waals surface area contributed by atoms with Crippen LogP contribution in [0.25, 0.3) is 27.5 Å². The summed E-state index contributed by atoms with van der Waals surface area (Å²) >= 11 is 6.45. The lowest BCUT2D eigenvalue weighted by molar-refractivity contribution is 0.661. The van der Waals surface area contributed by atoms with E-state index in [2.05, 4.69) is 73.0 Å². The monoisotopic (exact) mass is 445 g/mol. The van der Waals surface area contributed by atoms with Crippen LogP contribution >= 0.6 is 11.6 Å². The van der Waals surface area contributed by atoms with Crippen LogP contribution in [0.4, 0.5) is 0 Å². The minimum Gasteiger partial charge on any atom is -0.309 e. The lowest BCUT2D eigenvalue weighted by Gasteiger charge is -2.14. The third kappa shape index (κ3) is 5.21. The predicted molar refractivity (Wildman–Crippen MR) is 141 cm³/mol. The topological polar surface area (TPSA) is 4.93 Å². The number of aromatic nitrogens is 1. The molecule has 0 amide bonds. The Kier molecular flexibility index (Phi) is 7.92. The average molecular weight is 446 g/mol. The molecule has 3 aromatic carbocycles. The molecule has 0 aliphatic carbocycles. The van der Waals surface area contributed by atoms with Crippen LogP contribution in [0.3, 0.4) is 0 Å². The van der Waals surface area contributed by atoms with E-state index < -0.39 is 0 Å². The van der Waals surface area contributed by atoms with Gasteiger partial charge < -0.3 is 4.57 Å². The highest BCUT2D eigenvalue weighted by atomic mass is 35.5. The maximum Gasteiger partial charge on any atom is 0.0555 e. The molecule has 168 valence electrons. The molecule has 0 aliphatic heterocycles. The van der Waals surface area contributed by atoms with Crippen molar-refractivity contribution >= 4 is 33.4 Å². The highest BCUT2D eigenvalue weighted by Crippen LogP contribution is 2.34. The summed E-state index contributed by atoms with van der Waals surface area (Å²) in [5.74, 6) is 0. The van der Waals surface area contributed by atoms with E-state index in [1.54, 1.807) is 0 Å². The number of rotatable bonds is 11. The first-order valence-electron chi connectivity index (χ1n) is 12.5. The Balaban J connectivity index is 1.78. The molecule has 32 heavy (non-hydrogen) atoms. The van der Waals surface area contributed by atoms with Crippen molar-refractivity contribution in [2.75, 3.05) is 0 Å². The molecule has 0 atom stereocenters. The Labute approximate surface area is 198 Å². The van der Waals surface area contributed by atoms with Gasteiger partial charge in [0.25, 0.3) is 0 Å². The second-order valence-corrected chi connectivity index (χ2v) is 9.58. The molecule has 1 aromatic heterocycles. The molecular weight excluding hydrogens is 410 g/mol. The molecule has 4 rings (SSSR count). The zero-order valence-electron chi connectivity index (χ0n) is 19.7. The number of benzene rings is 3. The molecule has 1 heterocycles. The van der Waals surface area contributed by atoms with Gasteiger partial charge in [0.2, 0.25) is 0 Å². The highest BCUT2D eigenvalue weighted by molar-refractivity contribution is 6.31. The molecule has 0 bridgehead atoms. The second-order valence-electron chi connectivity index (χ2n) is 9.14. The largest absolute Gasteiger partial charge is 0.309 e. The number of halogens is 1. The van der Waals surface area contributed by atoms with Crippen molar-refractivity contribution in [3.63, 3.8) is 0 Å². The molecule has 0 N–H and O–H groups in total. The Morgan fingerprint density at radius 1 is 0.625 bits per heavy atom. The summed E-state index contributed by atoms with van der Waals surface area (Å²) < 4.78 is 2.42. The van der Waals surface area contributed by atoms with Gasteiger partial charge in [0.15, 0.2) is 0 Å². The van der Waals surface area contributed by atoms with Crippen LogP contribution in [0.5, 0.6) is 0 Å². The maximum atomic E-state index is 6.45. The van der Waals surface area contributed by atoms with E-state index in [1.165, 1.54) is 90.0 Å². The predicted octanol–water partition coefficient (Wildman–Crippen LogP) is 9.68. The molecule has 0 unspecified atom stereocenters. The number of hydrogen-bond donors (Lipinski definition) is 0. The van der Waals surface area contributed by atoms with Gasteiger partial charge >= 0.3 is 0 Å². The van der Waals surface area contributed by atoms with Crippen LogP contribution in [0.2, 0.25) is 5.02 Å². The zero-order valence-corrected chi connectivity index (χ0v) is 20.4. The molecule has 0 spiro atoms. The summed E-state index contributed by atoms with van der Waals surface area (Å²) in [6, 6.07) is 22.3. The van der Waals surface area contributed by atoms with Crippen LogP contribution in [-0.4, -0.2) is 4.57 Å². The van der Waals surface area contributed by atoms with Crippen LogP contribution in [0.1, 0.15) is 76.3 Å². The second kappa shape index (κ2) is 11.1. The van der Waals surface area contributed by atoms with E-state index >= 15 is 0 Å². The van der Waals surface area contributed by atoms with E-state index in [0.717, 1.165) is 17.9 Å². The van der Waals surface area contributed by atoms with Crippen molar-refractivity contribution in [3.05, 3.63) is 76.8 Å². The Morgan fingerprint density at radius 3 is 1.91 bits per heavy atom. The van der Waals surface area contributed by atoms with E-state index in [1.807, 2.05) is 6.07 Å². The van der Waals surface area contributed by atoms with Gasteiger partial charge in [-0.1, -0.05) is 94.3 Å². The maximum absolute atomic E-state index is 6.45. The van der Waals surface area contributed by atoms with Crippen molar-refractivity contribution in [1.29, 1.82) is 0 Å². The quantitative estimate of drug-likeness (QED) is 0.202. The summed E-state index contributed by atoms with van der Waals surface area (Å²) in [6.45, 7) is 4.56. The molecule has 0 radical (unpaired) electrons. The van der Waals surface area contributed by atoms with Crippen molar-refractivity contribution < 1.29 is 0 Å². The van der Waals surface area contributed by atoms with Gasteiger partial charge in [-0.05, 0) is 67.1 Å². The zero-order chi connectivity index (χ0) is 22.3. The Bertz CT molecular complexity index is 1140. The molecule has 0 saturated heterocycles. The summed E-state index contributed by atoms with van der Waals surface area (Å²) in [7, 11) is 0. The van der Waals surface area contributed by atoms with Crippen LogP contribution in [0, 0.1) is 0 Å². The van der Waals surface area contributed by atoms with E-state index in [0.29, 0.717) is 0 Å². The molecule has 0 aliphatic rings. The lowest BCUT2D eigenvalue weighted by Crippen LogP contribution is -1.99. The van der Waals surface area contributed by atoms with Gasteiger partial charge in [-0.3, -0.25) is 0 Å². The van der Waals surface area contributed by atoms with Crippen molar-refractivity contribution in [3.8, 4) is 5.69 Å². The number of nitrogens with zero attached hydrogens (tertiary/aromatic N) is 1. The SMILES string of the molecule is CCCCCCc1cc(CCCCCC)cc(-n2c3ccccc3c3ccc(Cl)cc32)c1. The summed E-state index contributed by atoms with van der Waals surface area (Å²) in [4.78, 5) is 0. The van der Waals surface area contributed by atoms with Crippen LogP contribution in [0.15, 0.2) is 60.7 Å². The summed E-state index contributed by atoms with van der Waals surface area (Å²) in [5, 5.41) is 3.34. The van der Waals surface area contributed by atoms with Gasteiger partial charge in [0, 0.05) is 21.5 Å². The standard InChI is InChI=1S/C30H36ClN/c1-3-5-7-9-13-23-19-24(14-10-8-6-4-2)21-26(20-23)32-29-16-12-11-15-27(29)28-18-17-25(31)22-30(28)32/h11-12,15-22H,3-10,13-14H2,1-2H3. The minimum absolute atomic E-state index is 0.789. The molecule has 2 heteroatoms. The highest BCUT2D eigenvalue weighted by Gasteiger charge is 2.13. The van der Waals surface area contributed by atoms with Crippen molar-refractivity contribution in [1.82, 2.24) is 4.57 Å². The van der Waals surface area contributed by atoms with Crippen molar-refractivity contribution in [2.24, 2.45) is 0 Å². The van der Waals surface area contributed by atoms with Crippen LogP contribution < -0.4 is 0 Å². The first-order chi connectivity index (χ1) is 15.7. The molecule has 1 nitrogen and oxygen atoms in total. The molecule has 0 fully saturated rings. The Hall–Kier alpha value is -2.25. The smallest absolute Gasteiger partial charge is 0.0555 e. The average Bonchev–Trinajstić information content (AvgIpc) is 3.13. The lowest BCUT2D eigenvalue weighted by atomic mass is 9.99. The fraction of sp³-hybridized carbons (Fsp3) is 0.400. The summed E-state index contributed by atoms with van der Waals surface area (Å²) in [6.07, 6.45) is 12.7. The van der Waals surface area contributed by atoms with Gasteiger partial charge in [0.1, 0.15) is 0 Å². The fourth-order valence-electron chi connectivity index (χ4n) is 4.89. The first-order valence-corrected chi connectivity index (χ1v) is 12.9. The number of hydrogen-bond acceptors (Lipinski definition) is 0. The normalized spacial score (nSPS) is 11.6. The Morgan fingerprint density at radius 2 is 1.25 bits per heavy atom. The fourth-order valence-corrected chi connectivity index (χ4v) is 5.06. The number of fused-ring (bicyclic) bond motifs is 3. The van der Waals surface area contributed by atoms with Gasteiger partial charge in [0.05, 0.1) is 11.0 Å². The third-order valence-electron chi connectivity index (χ3n) is 6.57. The van der Waals surface area contributed by atoms with Gasteiger partial charge in [-0.25, -0.2) is 0 Å². The van der Waals surface area contributed by atoms with E-state index in [-0.39, 0.29) is 0 Å². The van der Waals surface area contributed by atoms with E-state index in [9.17, 15) is 0 Å². The van der Waals surface area contributed by atoms with Gasteiger partial charge in [-0.15, -0.1) is 0 Å². The number of unbranched alkanes of at least 4 members (excludes halogenated alkanes) is 6. The number of para-hydroxylation sites is 1. The van der Waals surface area contributed by atoms with Crippen molar-refractivity contribution in [2.45, 2.75) is 78.1 Å². The summed E-state index contributed by atoms with van der Waals surface area (Å²) in [5.41, 5.74) is 6.66. The molecule has 0 saturated carbocycles.